The molecule has 2 aromatic rings. The van der Waals surface area contributed by atoms with Gasteiger partial charge in [-0.3, -0.25) is 0 Å². The summed E-state index contributed by atoms with van der Waals surface area (Å²) in [5.41, 5.74) is 2.85. The van der Waals surface area contributed by atoms with Gasteiger partial charge in [-0.1, -0.05) is 6.92 Å². The van der Waals surface area contributed by atoms with Gasteiger partial charge in [-0.05, 0) is 49.7 Å². The number of rotatable bonds is 5. The first-order chi connectivity index (χ1) is 9.78. The molecule has 20 heavy (non-hydrogen) atoms. The van der Waals surface area contributed by atoms with Gasteiger partial charge in [-0.25, -0.2) is 4.98 Å². The zero-order valence-corrected chi connectivity index (χ0v) is 13.8. The average molecular weight is 306 g/mol. The predicted octanol–water partition coefficient (Wildman–Crippen LogP) is 4.15. The third-order valence-electron chi connectivity index (χ3n) is 4.15. The molecule has 0 saturated carbocycles. The van der Waals surface area contributed by atoms with Gasteiger partial charge in [-0.15, -0.1) is 22.7 Å². The van der Waals surface area contributed by atoms with Gasteiger partial charge in [0, 0.05) is 28.6 Å². The molecule has 0 amide bonds. The van der Waals surface area contributed by atoms with Crippen LogP contribution in [0.1, 0.15) is 46.8 Å². The lowest BCUT2D eigenvalue weighted by molar-refractivity contribution is 0.396. The third-order valence-corrected chi connectivity index (χ3v) is 5.96. The maximum atomic E-state index is 4.65. The number of nitrogens with one attached hydrogen (secondary N) is 1. The van der Waals surface area contributed by atoms with E-state index in [0.717, 1.165) is 13.0 Å². The lowest BCUT2D eigenvalue weighted by atomic mass is 9.81. The molecule has 108 valence electrons. The minimum atomic E-state index is 0.523. The molecule has 0 saturated heterocycles. The Kier molecular flexibility index (Phi) is 4.54. The zero-order valence-electron chi connectivity index (χ0n) is 12.2. The van der Waals surface area contributed by atoms with Gasteiger partial charge in [0.25, 0.3) is 0 Å². The van der Waals surface area contributed by atoms with Crippen LogP contribution >= 0.6 is 22.7 Å². The summed E-state index contributed by atoms with van der Waals surface area (Å²) >= 11 is 3.70. The minimum absolute atomic E-state index is 0.523. The molecule has 0 bridgehead atoms. The molecule has 0 radical (unpaired) electrons. The topological polar surface area (TPSA) is 24.9 Å². The fourth-order valence-corrected chi connectivity index (χ4v) is 4.91. The summed E-state index contributed by atoms with van der Waals surface area (Å²) in [6, 6.07) is 2.87. The van der Waals surface area contributed by atoms with Crippen LogP contribution in [0.4, 0.5) is 0 Å². The van der Waals surface area contributed by atoms with Crippen molar-refractivity contribution >= 4 is 22.7 Å². The van der Waals surface area contributed by atoms with Gasteiger partial charge in [-0.2, -0.15) is 0 Å². The van der Waals surface area contributed by atoms with Crippen molar-refractivity contribution in [3.8, 4) is 0 Å². The zero-order chi connectivity index (χ0) is 13.9. The van der Waals surface area contributed by atoms with Crippen LogP contribution in [0.15, 0.2) is 16.8 Å². The highest BCUT2D eigenvalue weighted by molar-refractivity contribution is 7.10. The van der Waals surface area contributed by atoms with E-state index in [9.17, 15) is 0 Å². The summed E-state index contributed by atoms with van der Waals surface area (Å²) in [6.45, 7) is 5.33. The summed E-state index contributed by atoms with van der Waals surface area (Å²) in [7, 11) is 0. The number of hydrogen-bond donors (Lipinski definition) is 1. The van der Waals surface area contributed by atoms with Crippen molar-refractivity contribution in [1.82, 2.24) is 10.3 Å². The van der Waals surface area contributed by atoms with E-state index in [1.807, 2.05) is 11.3 Å². The van der Waals surface area contributed by atoms with Gasteiger partial charge < -0.3 is 5.32 Å². The van der Waals surface area contributed by atoms with Crippen LogP contribution in [0, 0.1) is 6.92 Å². The standard InChI is InChI=1S/C16H22N2S2/c1-3-17-15(9-12-10-20-11(2)18-12)13-5-4-6-16-14(13)7-8-19-16/h7-8,10,13,15,17H,3-6,9H2,1-2H3. The first-order valence-electron chi connectivity index (χ1n) is 7.48. The molecule has 1 aliphatic rings. The summed E-state index contributed by atoms with van der Waals surface area (Å²) in [5.74, 6) is 0.659. The lowest BCUT2D eigenvalue weighted by Gasteiger charge is -2.31. The molecular formula is C16H22N2S2. The Hall–Kier alpha value is -0.710. The summed E-state index contributed by atoms with van der Waals surface area (Å²) < 4.78 is 0. The molecule has 2 heterocycles. The Morgan fingerprint density at radius 3 is 3.10 bits per heavy atom. The number of aromatic nitrogens is 1. The molecule has 0 aromatic carbocycles. The Morgan fingerprint density at radius 2 is 2.35 bits per heavy atom. The highest BCUT2D eigenvalue weighted by atomic mass is 32.1. The predicted molar refractivity (Wildman–Crippen MR) is 88.0 cm³/mol. The molecular weight excluding hydrogens is 284 g/mol. The molecule has 2 aromatic heterocycles. The molecule has 2 atom stereocenters. The van der Waals surface area contributed by atoms with Crippen molar-refractivity contribution in [2.45, 2.75) is 51.5 Å². The third kappa shape index (κ3) is 2.97. The molecule has 0 aliphatic heterocycles. The highest BCUT2D eigenvalue weighted by Crippen LogP contribution is 2.37. The van der Waals surface area contributed by atoms with Gasteiger partial charge in [0.2, 0.25) is 0 Å². The molecule has 4 heteroatoms. The quantitative estimate of drug-likeness (QED) is 0.897. The lowest BCUT2D eigenvalue weighted by Crippen LogP contribution is -2.38. The highest BCUT2D eigenvalue weighted by Gasteiger charge is 2.28. The van der Waals surface area contributed by atoms with Crippen LogP contribution in [0.2, 0.25) is 0 Å². The molecule has 0 fully saturated rings. The van der Waals surface area contributed by atoms with Gasteiger partial charge in [0.15, 0.2) is 0 Å². The van der Waals surface area contributed by atoms with E-state index in [0.29, 0.717) is 12.0 Å². The van der Waals surface area contributed by atoms with Crippen LogP contribution < -0.4 is 5.32 Å². The van der Waals surface area contributed by atoms with Crippen molar-refractivity contribution in [1.29, 1.82) is 0 Å². The van der Waals surface area contributed by atoms with E-state index in [1.54, 1.807) is 21.8 Å². The molecule has 1 N–H and O–H groups in total. The fraction of sp³-hybridized carbons (Fsp3) is 0.562. The second kappa shape index (κ2) is 6.37. The number of thiazole rings is 1. The largest absolute Gasteiger partial charge is 0.313 e. The first-order valence-corrected chi connectivity index (χ1v) is 9.24. The van der Waals surface area contributed by atoms with Crippen molar-refractivity contribution in [3.05, 3.63) is 38.0 Å². The number of aryl methyl sites for hydroxylation is 2. The number of fused-ring (bicyclic) bond motifs is 1. The van der Waals surface area contributed by atoms with E-state index in [1.165, 1.54) is 30.0 Å². The van der Waals surface area contributed by atoms with Crippen molar-refractivity contribution in [3.63, 3.8) is 0 Å². The second-order valence-electron chi connectivity index (χ2n) is 5.52. The SMILES string of the molecule is CCNC(Cc1csc(C)n1)C1CCCc2sccc21. The van der Waals surface area contributed by atoms with Crippen molar-refractivity contribution < 1.29 is 0 Å². The number of thiophene rings is 1. The average Bonchev–Trinajstić information content (AvgIpc) is 3.06. The van der Waals surface area contributed by atoms with E-state index < -0.39 is 0 Å². The minimum Gasteiger partial charge on any atom is -0.313 e. The molecule has 1 aliphatic carbocycles. The van der Waals surface area contributed by atoms with Gasteiger partial charge in [0.05, 0.1) is 10.7 Å². The number of likely N-dealkylation sites (N-methyl/N-ethyl adjacent to an activating group) is 1. The van der Waals surface area contributed by atoms with E-state index in [-0.39, 0.29) is 0 Å². The van der Waals surface area contributed by atoms with Crippen LogP contribution in [0.3, 0.4) is 0 Å². The monoisotopic (exact) mass is 306 g/mol. The van der Waals surface area contributed by atoms with E-state index in [4.69, 9.17) is 0 Å². The molecule has 2 nitrogen and oxygen atoms in total. The Labute approximate surface area is 129 Å². The summed E-state index contributed by atoms with van der Waals surface area (Å²) in [4.78, 5) is 6.26. The smallest absolute Gasteiger partial charge is 0.0897 e. The van der Waals surface area contributed by atoms with Crippen molar-refractivity contribution in [2.75, 3.05) is 6.54 Å². The van der Waals surface area contributed by atoms with Crippen LogP contribution in [0.5, 0.6) is 0 Å². The maximum absolute atomic E-state index is 4.65. The Morgan fingerprint density at radius 1 is 1.45 bits per heavy atom. The van der Waals surface area contributed by atoms with Gasteiger partial charge >= 0.3 is 0 Å². The normalized spacial score (nSPS) is 19.8. The van der Waals surface area contributed by atoms with Gasteiger partial charge in [0.1, 0.15) is 0 Å². The summed E-state index contributed by atoms with van der Waals surface area (Å²) in [5, 5.41) is 9.37. The number of hydrogen-bond acceptors (Lipinski definition) is 4. The summed E-state index contributed by atoms with van der Waals surface area (Å²) in [6.07, 6.45) is 4.97. The van der Waals surface area contributed by atoms with E-state index >= 15 is 0 Å². The second-order valence-corrected chi connectivity index (χ2v) is 7.59. The first kappa shape index (κ1) is 14.2. The Balaban J connectivity index is 1.81. The molecule has 3 rings (SSSR count). The Bertz CT molecular complexity index is 558. The van der Waals surface area contributed by atoms with E-state index in [2.05, 4.69) is 41.0 Å². The maximum Gasteiger partial charge on any atom is 0.0897 e. The number of nitrogens with zero attached hydrogens (tertiary/aromatic N) is 1. The van der Waals surface area contributed by atoms with Crippen LogP contribution in [-0.4, -0.2) is 17.6 Å². The van der Waals surface area contributed by atoms with Crippen LogP contribution in [-0.2, 0) is 12.8 Å². The van der Waals surface area contributed by atoms with Crippen LogP contribution in [0.25, 0.3) is 0 Å². The van der Waals surface area contributed by atoms with Crippen molar-refractivity contribution in [2.24, 2.45) is 0 Å². The molecule has 2 unspecified atom stereocenters. The fourth-order valence-electron chi connectivity index (χ4n) is 3.29. The molecule has 0 spiro atoms.